The minimum Gasteiger partial charge on any atom is -0.478 e. The van der Waals surface area contributed by atoms with Crippen molar-refractivity contribution >= 4 is 16.0 Å². The average Bonchev–Trinajstić information content (AvgIpc) is 2.43. The van der Waals surface area contributed by atoms with Crippen LogP contribution >= 0.6 is 0 Å². The normalized spacial score (nSPS) is 12.6. The number of carboxylic acids is 1. The Morgan fingerprint density at radius 3 is 2.32 bits per heavy atom. The van der Waals surface area contributed by atoms with Gasteiger partial charge in [-0.25, -0.2) is 22.9 Å². The first-order chi connectivity index (χ1) is 10.0. The molecule has 0 saturated carbocycles. The molecular weight excluding hydrogens is 325 g/mol. The van der Waals surface area contributed by atoms with Crippen LogP contribution in [0.4, 0.5) is 13.2 Å². The monoisotopic (exact) mass is 340 g/mol. The molecule has 0 aliphatic carbocycles. The standard InChI is InChI=1S/C12H15F3N2O4S/c1-3-7(4-2)17-22(20,21)8-5-9(11(18)19)10(16-6-8)12(13,14)15/h5-7,17H,3-4H2,1-2H3,(H,18,19). The van der Waals surface area contributed by atoms with Gasteiger partial charge < -0.3 is 5.11 Å². The first-order valence-corrected chi connectivity index (χ1v) is 7.84. The summed E-state index contributed by atoms with van der Waals surface area (Å²) in [6.07, 6.45) is -3.52. The number of hydrogen-bond donors (Lipinski definition) is 2. The van der Waals surface area contributed by atoms with Gasteiger partial charge in [0.2, 0.25) is 10.0 Å². The van der Waals surface area contributed by atoms with Crippen molar-refractivity contribution < 1.29 is 31.5 Å². The van der Waals surface area contributed by atoms with Crippen molar-refractivity contribution in [3.8, 4) is 0 Å². The molecule has 1 aromatic rings. The van der Waals surface area contributed by atoms with Gasteiger partial charge in [0.25, 0.3) is 0 Å². The number of nitrogens with one attached hydrogen (secondary N) is 1. The lowest BCUT2D eigenvalue weighted by molar-refractivity contribution is -0.141. The van der Waals surface area contributed by atoms with Crippen LogP contribution in [0.25, 0.3) is 0 Å². The van der Waals surface area contributed by atoms with Crippen LogP contribution in [0.1, 0.15) is 42.7 Å². The molecule has 0 bridgehead atoms. The molecule has 0 unspecified atom stereocenters. The molecule has 124 valence electrons. The van der Waals surface area contributed by atoms with Crippen LogP contribution in [0.3, 0.4) is 0 Å². The number of carbonyl (C=O) groups is 1. The van der Waals surface area contributed by atoms with Gasteiger partial charge in [-0.1, -0.05) is 13.8 Å². The van der Waals surface area contributed by atoms with Gasteiger partial charge in [0.1, 0.15) is 4.90 Å². The second kappa shape index (κ2) is 6.61. The molecule has 0 fully saturated rings. The number of sulfonamides is 1. The fraction of sp³-hybridized carbons (Fsp3) is 0.500. The third-order valence-corrected chi connectivity index (χ3v) is 4.47. The Kier molecular flexibility index (Phi) is 5.52. The van der Waals surface area contributed by atoms with Crippen molar-refractivity contribution in [3.05, 3.63) is 23.5 Å². The molecule has 6 nitrogen and oxygen atoms in total. The summed E-state index contributed by atoms with van der Waals surface area (Å²) in [4.78, 5) is 13.3. The van der Waals surface area contributed by atoms with E-state index in [0.717, 1.165) is 0 Å². The van der Waals surface area contributed by atoms with Crippen molar-refractivity contribution in [2.24, 2.45) is 0 Å². The maximum Gasteiger partial charge on any atom is 0.434 e. The highest BCUT2D eigenvalue weighted by atomic mass is 32.2. The highest BCUT2D eigenvalue weighted by Gasteiger charge is 2.38. The van der Waals surface area contributed by atoms with Crippen LogP contribution in [0.5, 0.6) is 0 Å². The van der Waals surface area contributed by atoms with Crippen molar-refractivity contribution in [2.45, 2.75) is 43.8 Å². The maximum atomic E-state index is 12.7. The maximum absolute atomic E-state index is 12.7. The summed E-state index contributed by atoms with van der Waals surface area (Å²) >= 11 is 0. The van der Waals surface area contributed by atoms with Gasteiger partial charge in [0.15, 0.2) is 5.69 Å². The Balaban J connectivity index is 3.33. The number of carboxylic acid groups (broad SMARTS) is 1. The van der Waals surface area contributed by atoms with Gasteiger partial charge in [-0.2, -0.15) is 13.2 Å². The number of nitrogens with zero attached hydrogens (tertiary/aromatic N) is 1. The molecule has 0 atom stereocenters. The second-order valence-electron chi connectivity index (χ2n) is 4.50. The van der Waals surface area contributed by atoms with Crippen molar-refractivity contribution in [3.63, 3.8) is 0 Å². The lowest BCUT2D eigenvalue weighted by atomic mass is 10.2. The van der Waals surface area contributed by atoms with Crippen molar-refractivity contribution in [1.29, 1.82) is 0 Å². The number of rotatable bonds is 6. The summed E-state index contributed by atoms with van der Waals surface area (Å²) in [6, 6.07) is 0.0589. The van der Waals surface area contributed by atoms with E-state index >= 15 is 0 Å². The molecule has 0 aliphatic heterocycles. The van der Waals surface area contributed by atoms with E-state index in [4.69, 9.17) is 5.11 Å². The van der Waals surface area contributed by atoms with E-state index in [1.165, 1.54) is 0 Å². The molecule has 1 rings (SSSR count). The highest BCUT2D eigenvalue weighted by molar-refractivity contribution is 7.89. The smallest absolute Gasteiger partial charge is 0.434 e. The quantitative estimate of drug-likeness (QED) is 0.828. The Morgan fingerprint density at radius 2 is 1.91 bits per heavy atom. The molecule has 0 aliphatic rings. The SMILES string of the molecule is CCC(CC)NS(=O)(=O)c1cnc(C(F)(F)F)c(C(=O)O)c1. The molecule has 10 heteroatoms. The topological polar surface area (TPSA) is 96.4 Å². The number of halogens is 3. The van der Waals surface area contributed by atoms with Gasteiger partial charge in [0, 0.05) is 12.2 Å². The molecule has 0 aromatic carbocycles. The van der Waals surface area contributed by atoms with E-state index in [2.05, 4.69) is 9.71 Å². The summed E-state index contributed by atoms with van der Waals surface area (Å²) < 4.78 is 64.4. The zero-order valence-corrected chi connectivity index (χ0v) is 12.6. The zero-order valence-electron chi connectivity index (χ0n) is 11.8. The summed E-state index contributed by atoms with van der Waals surface area (Å²) in [7, 11) is -4.15. The fourth-order valence-corrected chi connectivity index (χ4v) is 3.10. The number of pyridine rings is 1. The van der Waals surface area contributed by atoms with Crippen LogP contribution in [0.2, 0.25) is 0 Å². The lowest BCUT2D eigenvalue weighted by Crippen LogP contribution is -2.34. The molecule has 22 heavy (non-hydrogen) atoms. The van der Waals surface area contributed by atoms with Crippen molar-refractivity contribution in [1.82, 2.24) is 9.71 Å². The third-order valence-electron chi connectivity index (χ3n) is 2.98. The molecule has 1 aromatic heterocycles. The first-order valence-electron chi connectivity index (χ1n) is 6.35. The minimum atomic E-state index is -4.99. The number of hydrogen-bond acceptors (Lipinski definition) is 4. The van der Waals surface area contributed by atoms with E-state index < -0.39 is 44.4 Å². The Bertz CT molecular complexity index is 655. The Hall–Kier alpha value is -1.68. The van der Waals surface area contributed by atoms with E-state index in [1.807, 2.05) is 0 Å². The number of aromatic nitrogens is 1. The summed E-state index contributed by atoms with van der Waals surface area (Å²) in [5.74, 6) is -1.90. The molecule has 0 radical (unpaired) electrons. The number of alkyl halides is 3. The predicted molar refractivity (Wildman–Crippen MR) is 70.9 cm³/mol. The van der Waals surface area contributed by atoms with Gasteiger partial charge >= 0.3 is 12.1 Å². The third kappa shape index (κ3) is 4.17. The lowest BCUT2D eigenvalue weighted by Gasteiger charge is -2.16. The molecule has 1 heterocycles. The van der Waals surface area contributed by atoms with E-state index in [0.29, 0.717) is 25.1 Å². The minimum absolute atomic E-state index is 0.402. The van der Waals surface area contributed by atoms with Crippen LogP contribution < -0.4 is 4.72 Å². The second-order valence-corrected chi connectivity index (χ2v) is 6.22. The van der Waals surface area contributed by atoms with Gasteiger partial charge in [-0.05, 0) is 18.9 Å². The molecule has 2 N–H and O–H groups in total. The molecule has 0 amide bonds. The largest absolute Gasteiger partial charge is 0.478 e. The van der Waals surface area contributed by atoms with Gasteiger partial charge in [-0.15, -0.1) is 0 Å². The fourth-order valence-electron chi connectivity index (χ4n) is 1.72. The van der Waals surface area contributed by atoms with Crippen molar-refractivity contribution in [2.75, 3.05) is 0 Å². The first kappa shape index (κ1) is 18.4. The predicted octanol–water partition coefficient (Wildman–Crippen LogP) is 2.27. The van der Waals surface area contributed by atoms with Crippen LogP contribution in [0, 0.1) is 0 Å². The van der Waals surface area contributed by atoms with E-state index in [-0.39, 0.29) is 0 Å². The summed E-state index contributed by atoms with van der Waals surface area (Å²) in [6.45, 7) is 3.48. The highest BCUT2D eigenvalue weighted by Crippen LogP contribution is 2.31. The zero-order chi connectivity index (χ0) is 17.1. The Morgan fingerprint density at radius 1 is 1.36 bits per heavy atom. The molecule has 0 spiro atoms. The Labute approximate surface area is 125 Å². The molecule has 0 saturated heterocycles. The van der Waals surface area contributed by atoms with Crippen LogP contribution in [-0.4, -0.2) is 30.5 Å². The van der Waals surface area contributed by atoms with Crippen LogP contribution in [-0.2, 0) is 16.2 Å². The summed E-state index contributed by atoms with van der Waals surface area (Å²) in [5, 5.41) is 8.84. The van der Waals surface area contributed by atoms with Crippen LogP contribution in [0.15, 0.2) is 17.2 Å². The number of aromatic carboxylic acids is 1. The average molecular weight is 340 g/mol. The molecular formula is C12H15F3N2O4S. The van der Waals surface area contributed by atoms with Gasteiger partial charge in [-0.3, -0.25) is 0 Å². The van der Waals surface area contributed by atoms with E-state index in [1.54, 1.807) is 13.8 Å². The van der Waals surface area contributed by atoms with Gasteiger partial charge in [0.05, 0.1) is 5.56 Å². The summed E-state index contributed by atoms with van der Waals surface area (Å²) in [5.41, 5.74) is -2.85. The van der Waals surface area contributed by atoms with E-state index in [9.17, 15) is 26.4 Å².